The number of hydrogen-bond donors (Lipinski definition) is 1. The molecule has 0 radical (unpaired) electrons. The molecule has 1 aromatic rings. The number of aliphatic hydroxyl groups is 1. The summed E-state index contributed by atoms with van der Waals surface area (Å²) in [4.78, 5) is 0. The van der Waals surface area contributed by atoms with Crippen LogP contribution in [0.4, 0.5) is 0 Å². The fraction of sp³-hybridized carbons (Fsp3) is 0.273. The van der Waals surface area contributed by atoms with Gasteiger partial charge in [0.1, 0.15) is 12.4 Å². The largest absolute Gasteiger partial charge is 0.493 e. The van der Waals surface area contributed by atoms with Crippen molar-refractivity contribution in [3.63, 3.8) is 0 Å². The SMILES string of the molecule is OCC#Cc1ccc2c(c1)CCO2. The molecule has 0 fully saturated rings. The van der Waals surface area contributed by atoms with Crippen molar-refractivity contribution in [2.24, 2.45) is 0 Å². The first-order valence-corrected chi connectivity index (χ1v) is 4.25. The maximum atomic E-state index is 8.52. The van der Waals surface area contributed by atoms with E-state index in [1.807, 2.05) is 18.2 Å². The Balaban J connectivity index is 2.31. The van der Waals surface area contributed by atoms with Crippen LogP contribution in [0.3, 0.4) is 0 Å². The first-order chi connectivity index (χ1) is 6.40. The number of fused-ring (bicyclic) bond motifs is 1. The molecule has 2 nitrogen and oxygen atoms in total. The molecule has 0 bridgehead atoms. The van der Waals surface area contributed by atoms with E-state index >= 15 is 0 Å². The summed E-state index contributed by atoms with van der Waals surface area (Å²) in [5.74, 6) is 6.46. The van der Waals surface area contributed by atoms with Crippen molar-refractivity contribution in [2.75, 3.05) is 13.2 Å². The summed E-state index contributed by atoms with van der Waals surface area (Å²) in [7, 11) is 0. The van der Waals surface area contributed by atoms with Gasteiger partial charge in [-0.25, -0.2) is 0 Å². The van der Waals surface area contributed by atoms with Crippen LogP contribution in [0.5, 0.6) is 5.75 Å². The zero-order valence-corrected chi connectivity index (χ0v) is 7.21. The summed E-state index contributed by atoms with van der Waals surface area (Å²) in [6, 6.07) is 5.86. The second-order valence-corrected chi connectivity index (χ2v) is 2.88. The molecule has 0 saturated carbocycles. The highest BCUT2D eigenvalue weighted by molar-refractivity contribution is 5.45. The normalized spacial score (nSPS) is 12.7. The average molecular weight is 174 g/mol. The van der Waals surface area contributed by atoms with Crippen molar-refractivity contribution in [1.29, 1.82) is 0 Å². The second kappa shape index (κ2) is 3.51. The number of ether oxygens (including phenoxy) is 1. The lowest BCUT2D eigenvalue weighted by Gasteiger charge is -1.97. The Kier molecular flexibility index (Phi) is 2.20. The topological polar surface area (TPSA) is 29.5 Å². The van der Waals surface area contributed by atoms with Crippen LogP contribution < -0.4 is 4.74 Å². The van der Waals surface area contributed by atoms with Crippen LogP contribution in [-0.2, 0) is 6.42 Å². The van der Waals surface area contributed by atoms with E-state index in [9.17, 15) is 0 Å². The molecule has 1 N–H and O–H groups in total. The first kappa shape index (κ1) is 8.15. The molecule has 2 rings (SSSR count). The van der Waals surface area contributed by atoms with E-state index < -0.39 is 0 Å². The van der Waals surface area contributed by atoms with Gasteiger partial charge in [0.2, 0.25) is 0 Å². The molecule has 0 unspecified atom stereocenters. The van der Waals surface area contributed by atoms with E-state index in [0.717, 1.165) is 24.3 Å². The van der Waals surface area contributed by atoms with E-state index in [0.29, 0.717) is 0 Å². The Morgan fingerprint density at radius 1 is 1.46 bits per heavy atom. The zero-order valence-electron chi connectivity index (χ0n) is 7.21. The highest BCUT2D eigenvalue weighted by atomic mass is 16.5. The van der Waals surface area contributed by atoms with Gasteiger partial charge in [-0.1, -0.05) is 11.8 Å². The van der Waals surface area contributed by atoms with Gasteiger partial charge in [0.15, 0.2) is 0 Å². The molecular formula is C11H10O2. The number of rotatable bonds is 0. The molecule has 13 heavy (non-hydrogen) atoms. The Bertz CT molecular complexity index is 371. The maximum Gasteiger partial charge on any atom is 0.122 e. The quantitative estimate of drug-likeness (QED) is 0.594. The smallest absolute Gasteiger partial charge is 0.122 e. The summed E-state index contributed by atoms with van der Waals surface area (Å²) < 4.78 is 5.36. The van der Waals surface area contributed by atoms with Gasteiger partial charge >= 0.3 is 0 Å². The van der Waals surface area contributed by atoms with Gasteiger partial charge in [-0.3, -0.25) is 0 Å². The molecule has 1 heterocycles. The van der Waals surface area contributed by atoms with Gasteiger partial charge < -0.3 is 9.84 Å². The third-order valence-corrected chi connectivity index (χ3v) is 2.00. The Morgan fingerprint density at radius 3 is 3.23 bits per heavy atom. The minimum absolute atomic E-state index is 0.0897. The Labute approximate surface area is 77.2 Å². The minimum atomic E-state index is -0.0897. The maximum absolute atomic E-state index is 8.52. The average Bonchev–Trinajstić information content (AvgIpc) is 2.61. The van der Waals surface area contributed by atoms with Crippen LogP contribution in [0.15, 0.2) is 18.2 Å². The Morgan fingerprint density at radius 2 is 2.38 bits per heavy atom. The van der Waals surface area contributed by atoms with Crippen LogP contribution in [0.2, 0.25) is 0 Å². The molecule has 1 aliphatic heterocycles. The van der Waals surface area contributed by atoms with Crippen LogP contribution in [0.25, 0.3) is 0 Å². The van der Waals surface area contributed by atoms with Crippen molar-refractivity contribution in [2.45, 2.75) is 6.42 Å². The lowest BCUT2D eigenvalue weighted by Crippen LogP contribution is -1.85. The fourth-order valence-corrected chi connectivity index (χ4v) is 1.41. The van der Waals surface area contributed by atoms with Crippen molar-refractivity contribution in [3.05, 3.63) is 29.3 Å². The molecule has 0 spiro atoms. The van der Waals surface area contributed by atoms with Gasteiger partial charge in [-0.15, -0.1) is 0 Å². The summed E-state index contributed by atoms with van der Waals surface area (Å²) in [5.41, 5.74) is 2.16. The van der Waals surface area contributed by atoms with Gasteiger partial charge in [0.05, 0.1) is 6.61 Å². The van der Waals surface area contributed by atoms with Gasteiger partial charge in [0, 0.05) is 12.0 Å². The molecular weight excluding hydrogens is 164 g/mol. The number of aliphatic hydroxyl groups excluding tert-OH is 1. The lowest BCUT2D eigenvalue weighted by molar-refractivity contribution is 0.350. The molecule has 0 saturated heterocycles. The van der Waals surface area contributed by atoms with Crippen LogP contribution in [0.1, 0.15) is 11.1 Å². The first-order valence-electron chi connectivity index (χ1n) is 4.25. The standard InChI is InChI=1S/C11H10O2/c12-6-1-2-9-3-4-11-10(8-9)5-7-13-11/h3-4,8,12H,5-7H2. The van der Waals surface area contributed by atoms with E-state index in [4.69, 9.17) is 9.84 Å². The summed E-state index contributed by atoms with van der Waals surface area (Å²) >= 11 is 0. The van der Waals surface area contributed by atoms with Crippen LogP contribution >= 0.6 is 0 Å². The fourth-order valence-electron chi connectivity index (χ4n) is 1.41. The summed E-state index contributed by atoms with van der Waals surface area (Å²) in [6.45, 7) is 0.680. The third-order valence-electron chi connectivity index (χ3n) is 2.00. The molecule has 0 aromatic heterocycles. The monoisotopic (exact) mass is 174 g/mol. The van der Waals surface area contributed by atoms with Gasteiger partial charge in [-0.05, 0) is 23.8 Å². The second-order valence-electron chi connectivity index (χ2n) is 2.88. The van der Waals surface area contributed by atoms with Crippen LogP contribution in [-0.4, -0.2) is 18.3 Å². The molecule has 1 aromatic carbocycles. The van der Waals surface area contributed by atoms with E-state index in [1.165, 1.54) is 5.56 Å². The molecule has 0 aliphatic carbocycles. The predicted octanol–water partition coefficient (Wildman–Crippen LogP) is 0.965. The van der Waals surface area contributed by atoms with Crippen molar-refractivity contribution >= 4 is 0 Å². The molecule has 66 valence electrons. The lowest BCUT2D eigenvalue weighted by atomic mass is 10.1. The molecule has 1 aliphatic rings. The van der Waals surface area contributed by atoms with E-state index in [2.05, 4.69) is 11.8 Å². The zero-order chi connectivity index (χ0) is 9.10. The predicted molar refractivity (Wildman–Crippen MR) is 49.6 cm³/mol. The van der Waals surface area contributed by atoms with Gasteiger partial charge in [-0.2, -0.15) is 0 Å². The van der Waals surface area contributed by atoms with Crippen molar-refractivity contribution in [1.82, 2.24) is 0 Å². The highest BCUT2D eigenvalue weighted by Gasteiger charge is 2.10. The van der Waals surface area contributed by atoms with Crippen molar-refractivity contribution in [3.8, 4) is 17.6 Å². The third kappa shape index (κ3) is 1.66. The molecule has 2 heteroatoms. The molecule has 0 atom stereocenters. The van der Waals surface area contributed by atoms with Gasteiger partial charge in [0.25, 0.3) is 0 Å². The van der Waals surface area contributed by atoms with E-state index in [1.54, 1.807) is 0 Å². The Hall–Kier alpha value is -1.46. The number of hydrogen-bond acceptors (Lipinski definition) is 2. The van der Waals surface area contributed by atoms with E-state index in [-0.39, 0.29) is 6.61 Å². The summed E-state index contributed by atoms with van der Waals surface area (Å²) in [5, 5.41) is 8.52. The minimum Gasteiger partial charge on any atom is -0.493 e. The van der Waals surface area contributed by atoms with Crippen molar-refractivity contribution < 1.29 is 9.84 Å². The molecule has 0 amide bonds. The van der Waals surface area contributed by atoms with Crippen LogP contribution in [0, 0.1) is 11.8 Å². The summed E-state index contributed by atoms with van der Waals surface area (Å²) in [6.07, 6.45) is 0.962. The number of benzene rings is 1. The highest BCUT2D eigenvalue weighted by Crippen LogP contribution is 2.25.